The summed E-state index contributed by atoms with van der Waals surface area (Å²) in [6.07, 6.45) is 2.90. The van der Waals surface area contributed by atoms with Gasteiger partial charge in [0.05, 0.1) is 11.1 Å². The van der Waals surface area contributed by atoms with Gasteiger partial charge in [0.2, 0.25) is 5.91 Å². The van der Waals surface area contributed by atoms with Gasteiger partial charge in [0.25, 0.3) is 5.56 Å². The SMILES string of the molecule is CC(C)(C)OC(=O)NCC1CCC(C(=O)Nc2cccc(-c3n[nH]c(=O)c4ccccc34)c2)CC1. The quantitative estimate of drug-likeness (QED) is 0.487. The summed E-state index contributed by atoms with van der Waals surface area (Å²) in [7, 11) is 0. The number of anilines is 1. The molecule has 0 saturated heterocycles. The number of hydrogen-bond acceptors (Lipinski definition) is 5. The van der Waals surface area contributed by atoms with Crippen molar-refractivity contribution in [2.75, 3.05) is 11.9 Å². The highest BCUT2D eigenvalue weighted by Crippen LogP contribution is 2.30. The second-order valence-corrected chi connectivity index (χ2v) is 10.1. The third-order valence-corrected chi connectivity index (χ3v) is 6.25. The summed E-state index contributed by atoms with van der Waals surface area (Å²) < 4.78 is 5.29. The monoisotopic (exact) mass is 476 g/mol. The van der Waals surface area contributed by atoms with Crippen molar-refractivity contribution in [3.8, 4) is 11.3 Å². The zero-order valence-electron chi connectivity index (χ0n) is 20.4. The van der Waals surface area contributed by atoms with Crippen LogP contribution in [0.2, 0.25) is 0 Å². The first kappa shape index (κ1) is 24.4. The molecule has 1 fully saturated rings. The van der Waals surface area contributed by atoms with Crippen LogP contribution in [-0.2, 0) is 9.53 Å². The first-order chi connectivity index (χ1) is 16.7. The Bertz CT molecular complexity index is 1270. The lowest BCUT2D eigenvalue weighted by Crippen LogP contribution is -2.37. The largest absolute Gasteiger partial charge is 0.444 e. The summed E-state index contributed by atoms with van der Waals surface area (Å²) in [4.78, 5) is 36.9. The molecule has 0 bridgehead atoms. The van der Waals surface area contributed by atoms with Crippen LogP contribution >= 0.6 is 0 Å². The van der Waals surface area contributed by atoms with E-state index in [9.17, 15) is 14.4 Å². The molecule has 0 atom stereocenters. The first-order valence-corrected chi connectivity index (χ1v) is 12.1. The summed E-state index contributed by atoms with van der Waals surface area (Å²) in [5.41, 5.74) is 1.42. The minimum absolute atomic E-state index is 0.0000117. The van der Waals surface area contributed by atoms with Crippen LogP contribution < -0.4 is 16.2 Å². The van der Waals surface area contributed by atoms with Gasteiger partial charge < -0.3 is 15.4 Å². The summed E-state index contributed by atoms with van der Waals surface area (Å²) in [6.45, 7) is 6.08. The van der Waals surface area contributed by atoms with Crippen LogP contribution in [0.15, 0.2) is 53.3 Å². The number of alkyl carbamates (subject to hydrolysis) is 1. The predicted octanol–water partition coefficient (Wildman–Crippen LogP) is 4.86. The number of aromatic amines is 1. The van der Waals surface area contributed by atoms with Gasteiger partial charge in [-0.1, -0.05) is 30.3 Å². The van der Waals surface area contributed by atoms with Crippen molar-refractivity contribution >= 4 is 28.5 Å². The first-order valence-electron chi connectivity index (χ1n) is 12.1. The van der Waals surface area contributed by atoms with Crippen LogP contribution in [0, 0.1) is 11.8 Å². The zero-order chi connectivity index (χ0) is 25.0. The van der Waals surface area contributed by atoms with Gasteiger partial charge in [0.1, 0.15) is 5.60 Å². The number of nitrogens with one attached hydrogen (secondary N) is 3. The van der Waals surface area contributed by atoms with E-state index in [1.807, 2.05) is 63.2 Å². The van der Waals surface area contributed by atoms with Crippen molar-refractivity contribution in [1.29, 1.82) is 0 Å². The number of H-pyrrole nitrogens is 1. The molecular weight excluding hydrogens is 444 g/mol. The number of carbonyl (C=O) groups excluding carboxylic acids is 2. The Labute approximate surface area is 204 Å². The lowest BCUT2D eigenvalue weighted by Gasteiger charge is -2.28. The number of hydrogen-bond donors (Lipinski definition) is 3. The summed E-state index contributed by atoms with van der Waals surface area (Å²) in [6, 6.07) is 14.8. The molecule has 3 N–H and O–H groups in total. The Morgan fingerprint density at radius 3 is 2.46 bits per heavy atom. The lowest BCUT2D eigenvalue weighted by molar-refractivity contribution is -0.121. The number of aromatic nitrogens is 2. The van der Waals surface area contributed by atoms with Gasteiger partial charge >= 0.3 is 6.09 Å². The van der Waals surface area contributed by atoms with E-state index in [1.165, 1.54) is 0 Å². The van der Waals surface area contributed by atoms with Crippen LogP contribution in [-0.4, -0.2) is 34.3 Å². The van der Waals surface area contributed by atoms with E-state index in [2.05, 4.69) is 20.8 Å². The highest BCUT2D eigenvalue weighted by molar-refractivity contribution is 5.96. The van der Waals surface area contributed by atoms with E-state index < -0.39 is 11.7 Å². The van der Waals surface area contributed by atoms with Gasteiger partial charge in [-0.2, -0.15) is 5.10 Å². The number of fused-ring (bicyclic) bond motifs is 1. The molecule has 8 nitrogen and oxygen atoms in total. The third kappa shape index (κ3) is 6.26. The minimum atomic E-state index is -0.516. The van der Waals surface area contributed by atoms with E-state index >= 15 is 0 Å². The van der Waals surface area contributed by atoms with Crippen LogP contribution in [0.3, 0.4) is 0 Å². The van der Waals surface area contributed by atoms with Crippen molar-refractivity contribution in [2.24, 2.45) is 11.8 Å². The fourth-order valence-corrected chi connectivity index (χ4v) is 4.49. The maximum atomic E-state index is 12.9. The van der Waals surface area contributed by atoms with Crippen LogP contribution in [0.25, 0.3) is 22.0 Å². The molecule has 2 amide bonds. The molecule has 0 spiro atoms. The minimum Gasteiger partial charge on any atom is -0.444 e. The Kier molecular flexibility index (Phi) is 7.19. The third-order valence-electron chi connectivity index (χ3n) is 6.25. The van der Waals surface area contributed by atoms with E-state index in [0.29, 0.717) is 29.2 Å². The highest BCUT2D eigenvalue weighted by atomic mass is 16.6. The number of ether oxygens (including phenoxy) is 1. The number of nitrogens with zero attached hydrogens (tertiary/aromatic N) is 1. The molecule has 1 saturated carbocycles. The van der Waals surface area contributed by atoms with Gasteiger partial charge in [0, 0.05) is 29.1 Å². The van der Waals surface area contributed by atoms with Gasteiger partial charge in [-0.05, 0) is 70.6 Å². The molecule has 8 heteroatoms. The van der Waals surface area contributed by atoms with Crippen molar-refractivity contribution in [1.82, 2.24) is 15.5 Å². The molecule has 1 aromatic heterocycles. The molecule has 3 aromatic rings. The van der Waals surface area contributed by atoms with Crippen LogP contribution in [0.1, 0.15) is 46.5 Å². The molecule has 0 aliphatic heterocycles. The smallest absolute Gasteiger partial charge is 0.407 e. The van der Waals surface area contributed by atoms with Gasteiger partial charge in [-0.3, -0.25) is 9.59 Å². The topological polar surface area (TPSA) is 113 Å². The normalized spacial score (nSPS) is 18.1. The van der Waals surface area contributed by atoms with Crippen molar-refractivity contribution in [3.05, 3.63) is 58.9 Å². The zero-order valence-corrected chi connectivity index (χ0v) is 20.4. The van der Waals surface area contributed by atoms with E-state index in [1.54, 1.807) is 6.07 Å². The number of benzene rings is 2. The fraction of sp³-hybridized carbons (Fsp3) is 0.407. The molecular formula is C27H32N4O4. The Hall–Kier alpha value is -3.68. The second kappa shape index (κ2) is 10.3. The molecule has 1 heterocycles. The van der Waals surface area contributed by atoms with E-state index in [-0.39, 0.29) is 17.4 Å². The van der Waals surface area contributed by atoms with Crippen LogP contribution in [0.4, 0.5) is 10.5 Å². The average molecular weight is 477 g/mol. The standard InChI is InChI=1S/C27H32N4O4/c1-27(2,3)35-26(34)28-16-17-11-13-18(14-12-17)24(32)29-20-8-6-7-19(15-20)23-21-9-4-5-10-22(21)25(33)31-30-23/h4-10,15,17-18H,11-14,16H2,1-3H3,(H,28,34)(H,29,32)(H,31,33). The summed E-state index contributed by atoms with van der Waals surface area (Å²) >= 11 is 0. The molecule has 1 aliphatic rings. The van der Waals surface area contributed by atoms with E-state index in [4.69, 9.17) is 4.74 Å². The van der Waals surface area contributed by atoms with Gasteiger partial charge in [-0.25, -0.2) is 9.89 Å². The van der Waals surface area contributed by atoms with Gasteiger partial charge in [-0.15, -0.1) is 0 Å². The molecule has 0 unspecified atom stereocenters. The predicted molar refractivity (Wildman–Crippen MR) is 136 cm³/mol. The molecule has 0 radical (unpaired) electrons. The number of amides is 2. The lowest BCUT2D eigenvalue weighted by atomic mass is 9.81. The highest BCUT2D eigenvalue weighted by Gasteiger charge is 2.27. The number of carbonyl (C=O) groups is 2. The molecule has 4 rings (SSSR count). The van der Waals surface area contributed by atoms with E-state index in [0.717, 1.165) is 36.6 Å². The summed E-state index contributed by atoms with van der Waals surface area (Å²) in [5.74, 6) is 0.276. The fourth-order valence-electron chi connectivity index (χ4n) is 4.49. The molecule has 1 aliphatic carbocycles. The Morgan fingerprint density at radius 1 is 1.03 bits per heavy atom. The van der Waals surface area contributed by atoms with Crippen molar-refractivity contribution < 1.29 is 14.3 Å². The maximum absolute atomic E-state index is 12.9. The van der Waals surface area contributed by atoms with Crippen molar-refractivity contribution in [3.63, 3.8) is 0 Å². The maximum Gasteiger partial charge on any atom is 0.407 e. The Morgan fingerprint density at radius 2 is 1.74 bits per heavy atom. The Balaban J connectivity index is 1.35. The molecule has 2 aromatic carbocycles. The number of rotatable bonds is 5. The van der Waals surface area contributed by atoms with Crippen molar-refractivity contribution in [2.45, 2.75) is 52.1 Å². The average Bonchev–Trinajstić information content (AvgIpc) is 2.82. The second-order valence-electron chi connectivity index (χ2n) is 10.1. The van der Waals surface area contributed by atoms with Gasteiger partial charge in [0.15, 0.2) is 0 Å². The molecule has 184 valence electrons. The molecule has 35 heavy (non-hydrogen) atoms. The summed E-state index contributed by atoms with van der Waals surface area (Å²) in [5, 5.41) is 14.0. The van der Waals surface area contributed by atoms with Crippen LogP contribution in [0.5, 0.6) is 0 Å².